The van der Waals surface area contributed by atoms with Crippen molar-refractivity contribution in [3.8, 4) is 28.4 Å². The molecule has 0 aliphatic carbocycles. The third-order valence-corrected chi connectivity index (χ3v) is 7.53. The van der Waals surface area contributed by atoms with E-state index in [1.165, 1.54) is 42.5 Å². The Morgan fingerprint density at radius 3 is 1.87 bits per heavy atom. The molecule has 0 radical (unpaired) electrons. The summed E-state index contributed by atoms with van der Waals surface area (Å²) >= 11 is 0. The molecule has 0 aliphatic heterocycles. The van der Waals surface area contributed by atoms with Crippen molar-refractivity contribution >= 4 is 30.0 Å². The number of hydrogen-bond acceptors (Lipinski definition) is 9. The smallest absolute Gasteiger partial charge is 0.343 e. The van der Waals surface area contributed by atoms with Crippen LogP contribution in [0, 0.1) is 5.82 Å². The first-order valence-electron chi connectivity index (χ1n) is 16.7. The van der Waals surface area contributed by atoms with Gasteiger partial charge in [0, 0.05) is 30.2 Å². The Bertz CT molecular complexity index is 1860. The summed E-state index contributed by atoms with van der Waals surface area (Å²) in [6.45, 7) is 7.84. The number of halogens is 1. The van der Waals surface area contributed by atoms with Gasteiger partial charge in [0.25, 0.3) is 0 Å². The highest BCUT2D eigenvalue weighted by Gasteiger charge is 2.11. The number of ether oxygens (including phenoxy) is 5. The van der Waals surface area contributed by atoms with Crippen LogP contribution in [-0.2, 0) is 30.3 Å². The SMILES string of the molecule is C=CC(=O)OCCCCCCOc1ccc(-c2ccc(C=CC(=O)Oc3ccc(C(=O)Oc4ccc(CCOC(=O)C=C)cc4)cc3)cc2F)cc1. The van der Waals surface area contributed by atoms with Crippen molar-refractivity contribution in [2.45, 2.75) is 32.1 Å². The predicted molar refractivity (Wildman–Crippen MR) is 194 cm³/mol. The number of esters is 4. The molecule has 0 bridgehead atoms. The molecule has 4 rings (SSSR count). The maximum absolute atomic E-state index is 15.0. The zero-order valence-corrected chi connectivity index (χ0v) is 28.6. The predicted octanol–water partition coefficient (Wildman–Crippen LogP) is 8.27. The van der Waals surface area contributed by atoms with E-state index < -0.39 is 29.7 Å². The fourth-order valence-electron chi connectivity index (χ4n) is 4.77. The Kier molecular flexibility index (Phi) is 15.1. The minimum atomic E-state index is -0.677. The number of rotatable bonds is 19. The van der Waals surface area contributed by atoms with Crippen LogP contribution < -0.4 is 14.2 Å². The van der Waals surface area contributed by atoms with Crippen LogP contribution in [0.3, 0.4) is 0 Å². The summed E-state index contributed by atoms with van der Waals surface area (Å²) in [6, 6.07) is 24.5. The van der Waals surface area contributed by atoms with Gasteiger partial charge < -0.3 is 23.7 Å². The van der Waals surface area contributed by atoms with Crippen molar-refractivity contribution in [3.63, 3.8) is 0 Å². The lowest BCUT2D eigenvalue weighted by molar-refractivity contribution is -0.138. The van der Waals surface area contributed by atoms with Gasteiger partial charge in [-0.15, -0.1) is 0 Å². The largest absolute Gasteiger partial charge is 0.494 e. The Morgan fingerprint density at radius 1 is 0.615 bits per heavy atom. The molecule has 0 aromatic heterocycles. The lowest BCUT2D eigenvalue weighted by atomic mass is 10.0. The Labute approximate surface area is 301 Å². The van der Waals surface area contributed by atoms with Crippen LogP contribution in [0.1, 0.15) is 47.2 Å². The van der Waals surface area contributed by atoms with Crippen LogP contribution in [0.25, 0.3) is 17.2 Å². The van der Waals surface area contributed by atoms with Gasteiger partial charge in [-0.3, -0.25) is 0 Å². The maximum Gasteiger partial charge on any atom is 0.343 e. The van der Waals surface area contributed by atoms with Crippen molar-refractivity contribution in [3.05, 3.63) is 145 Å². The molecule has 0 spiro atoms. The summed E-state index contributed by atoms with van der Waals surface area (Å²) < 4.78 is 41.4. The number of benzene rings is 4. The number of carbonyl (C=O) groups is 4. The highest BCUT2D eigenvalue weighted by molar-refractivity contribution is 5.92. The molecule has 0 atom stereocenters. The van der Waals surface area contributed by atoms with Gasteiger partial charge in [0.15, 0.2) is 0 Å². The minimum Gasteiger partial charge on any atom is -0.494 e. The molecule has 0 N–H and O–H groups in total. The molecule has 0 fully saturated rings. The highest BCUT2D eigenvalue weighted by Crippen LogP contribution is 2.26. The molecule has 10 heteroatoms. The summed E-state index contributed by atoms with van der Waals surface area (Å²) in [7, 11) is 0. The molecule has 268 valence electrons. The third kappa shape index (κ3) is 12.9. The van der Waals surface area contributed by atoms with Gasteiger partial charge in [-0.05, 0) is 103 Å². The third-order valence-electron chi connectivity index (χ3n) is 7.53. The maximum atomic E-state index is 15.0. The van der Waals surface area contributed by atoms with Crippen LogP contribution >= 0.6 is 0 Å². The summed E-state index contributed by atoms with van der Waals surface area (Å²) in [5.74, 6) is -1.38. The van der Waals surface area contributed by atoms with Crippen LogP contribution in [0.15, 0.2) is 122 Å². The first kappa shape index (κ1) is 38.5. The summed E-state index contributed by atoms with van der Waals surface area (Å²) in [5.41, 5.74) is 2.71. The number of hydrogen-bond donors (Lipinski definition) is 0. The molecule has 0 unspecified atom stereocenters. The van der Waals surface area contributed by atoms with E-state index in [9.17, 15) is 19.2 Å². The van der Waals surface area contributed by atoms with Crippen molar-refractivity contribution < 1.29 is 47.3 Å². The molecule has 9 nitrogen and oxygen atoms in total. The second kappa shape index (κ2) is 20.4. The average Bonchev–Trinajstić information content (AvgIpc) is 3.16. The highest BCUT2D eigenvalue weighted by atomic mass is 19.1. The molecule has 4 aromatic carbocycles. The van der Waals surface area contributed by atoms with E-state index in [1.807, 2.05) is 0 Å². The topological polar surface area (TPSA) is 114 Å². The Hall–Kier alpha value is -6.29. The van der Waals surface area contributed by atoms with E-state index in [2.05, 4.69) is 13.2 Å². The standard InChI is InChI=1S/C42H39FO9/c1-3-39(44)49-27-8-6-5-7-26-48-34-19-13-32(14-20-34)37-23-11-31(29-38(37)43)12-24-41(46)51-35-21-15-33(16-22-35)42(47)52-36-17-9-30(10-18-36)25-28-50-40(45)4-2/h3-4,9-24,29H,1-2,5-8,25-28H2. The van der Waals surface area contributed by atoms with Gasteiger partial charge in [0.1, 0.15) is 23.1 Å². The van der Waals surface area contributed by atoms with Crippen LogP contribution in [0.4, 0.5) is 4.39 Å². The Balaban J connectivity index is 1.19. The quantitative estimate of drug-likeness (QED) is 0.0411. The monoisotopic (exact) mass is 706 g/mol. The van der Waals surface area contributed by atoms with E-state index in [0.717, 1.165) is 43.4 Å². The zero-order valence-electron chi connectivity index (χ0n) is 28.6. The summed E-state index contributed by atoms with van der Waals surface area (Å²) in [4.78, 5) is 47.2. The van der Waals surface area contributed by atoms with Crippen molar-refractivity contribution in [2.75, 3.05) is 19.8 Å². The first-order valence-corrected chi connectivity index (χ1v) is 16.7. The number of unbranched alkanes of at least 4 members (excludes halogenated alkanes) is 3. The molecule has 0 amide bonds. The van der Waals surface area contributed by atoms with Crippen LogP contribution in [0.2, 0.25) is 0 Å². The van der Waals surface area contributed by atoms with Crippen LogP contribution in [0.5, 0.6) is 17.2 Å². The second-order valence-electron chi connectivity index (χ2n) is 11.3. The lowest BCUT2D eigenvalue weighted by Crippen LogP contribution is -2.09. The molecule has 0 saturated heterocycles. The molecular weight excluding hydrogens is 667 g/mol. The molecule has 52 heavy (non-hydrogen) atoms. The molecule has 0 heterocycles. The fraction of sp³-hybridized carbons (Fsp3) is 0.190. The molecular formula is C42H39FO9. The van der Waals surface area contributed by atoms with E-state index in [-0.39, 0.29) is 17.9 Å². The minimum absolute atomic E-state index is 0.208. The average molecular weight is 707 g/mol. The van der Waals surface area contributed by atoms with Gasteiger partial charge in [0.2, 0.25) is 0 Å². The normalized spacial score (nSPS) is 10.6. The lowest BCUT2D eigenvalue weighted by Gasteiger charge is -2.09. The zero-order chi connectivity index (χ0) is 37.1. The van der Waals surface area contributed by atoms with Gasteiger partial charge in [-0.2, -0.15) is 0 Å². The van der Waals surface area contributed by atoms with E-state index in [1.54, 1.807) is 60.7 Å². The molecule has 0 aliphatic rings. The van der Waals surface area contributed by atoms with E-state index in [0.29, 0.717) is 47.8 Å². The summed E-state index contributed by atoms with van der Waals surface area (Å²) in [5, 5.41) is 0. The van der Waals surface area contributed by atoms with Crippen molar-refractivity contribution in [1.29, 1.82) is 0 Å². The van der Waals surface area contributed by atoms with Gasteiger partial charge in [-0.1, -0.05) is 49.6 Å². The van der Waals surface area contributed by atoms with E-state index >= 15 is 4.39 Å². The molecule has 4 aromatic rings. The second-order valence-corrected chi connectivity index (χ2v) is 11.3. The number of carbonyl (C=O) groups excluding carboxylic acids is 4. The van der Waals surface area contributed by atoms with Crippen LogP contribution in [-0.4, -0.2) is 43.7 Å². The molecule has 0 saturated carbocycles. The fourth-order valence-corrected chi connectivity index (χ4v) is 4.77. The van der Waals surface area contributed by atoms with Gasteiger partial charge >= 0.3 is 23.9 Å². The Morgan fingerprint density at radius 2 is 1.21 bits per heavy atom. The van der Waals surface area contributed by atoms with Crippen molar-refractivity contribution in [2.24, 2.45) is 0 Å². The van der Waals surface area contributed by atoms with E-state index in [4.69, 9.17) is 23.7 Å². The van der Waals surface area contributed by atoms with Gasteiger partial charge in [-0.25, -0.2) is 23.6 Å². The van der Waals surface area contributed by atoms with Gasteiger partial charge in [0.05, 0.1) is 25.4 Å². The summed E-state index contributed by atoms with van der Waals surface area (Å²) in [6.07, 6.45) is 8.90. The first-order chi connectivity index (χ1) is 25.2. The van der Waals surface area contributed by atoms with Crippen molar-refractivity contribution in [1.82, 2.24) is 0 Å².